The molecule has 2 aliphatic rings. The Balaban J connectivity index is 2.18. The summed E-state index contributed by atoms with van der Waals surface area (Å²) >= 11 is 0. The molecule has 23 heavy (non-hydrogen) atoms. The van der Waals surface area contributed by atoms with Gasteiger partial charge in [0.05, 0.1) is 11.3 Å². The molecule has 0 saturated carbocycles. The van der Waals surface area contributed by atoms with Crippen LogP contribution in [0.1, 0.15) is 28.0 Å². The van der Waals surface area contributed by atoms with E-state index in [0.29, 0.717) is 29.9 Å². The van der Waals surface area contributed by atoms with Crippen LogP contribution in [0.2, 0.25) is 0 Å². The number of pyridine rings is 1. The summed E-state index contributed by atoms with van der Waals surface area (Å²) in [6.07, 6.45) is 3.44. The second-order valence-electron chi connectivity index (χ2n) is 5.66. The molecule has 1 saturated heterocycles. The third-order valence-corrected chi connectivity index (χ3v) is 4.12. The van der Waals surface area contributed by atoms with Gasteiger partial charge in [0.25, 0.3) is 5.91 Å². The number of halogens is 1. The van der Waals surface area contributed by atoms with Gasteiger partial charge in [-0.05, 0) is 6.42 Å². The fourth-order valence-electron chi connectivity index (χ4n) is 3.00. The van der Waals surface area contributed by atoms with Gasteiger partial charge in [0.2, 0.25) is 0 Å². The predicted molar refractivity (Wildman–Crippen MR) is 86.0 cm³/mol. The number of rotatable bonds is 4. The van der Waals surface area contributed by atoms with E-state index in [-0.39, 0.29) is 29.9 Å². The smallest absolute Gasteiger partial charge is 0.254 e. The molecule has 3 rings (SSSR count). The fraction of sp³-hybridized carbons (Fsp3) is 0.400. The Morgan fingerprint density at radius 3 is 3.00 bits per heavy atom. The molecule has 0 aromatic carbocycles. The van der Waals surface area contributed by atoms with E-state index >= 15 is 0 Å². The van der Waals surface area contributed by atoms with Crippen LogP contribution in [-0.4, -0.2) is 43.3 Å². The number of anilines is 1. The number of nitrogens with two attached hydrogens (primary N) is 1. The first-order valence-corrected chi connectivity index (χ1v) is 7.46. The summed E-state index contributed by atoms with van der Waals surface area (Å²) in [5, 5.41) is 13.0. The second-order valence-corrected chi connectivity index (χ2v) is 5.66. The van der Waals surface area contributed by atoms with Gasteiger partial charge >= 0.3 is 0 Å². The summed E-state index contributed by atoms with van der Waals surface area (Å²) in [4.78, 5) is 18.2. The summed E-state index contributed by atoms with van der Waals surface area (Å²) in [7, 11) is 1.69. The first-order valence-electron chi connectivity index (χ1n) is 7.46. The molecule has 0 bridgehead atoms. The fourth-order valence-corrected chi connectivity index (χ4v) is 3.00. The number of aromatic nitrogens is 1. The standard InChI is InChI=1S/C15H19FN6O/c1-19-5-8(4-17)13-11-10(6-20-15(11)23)12(16)14(21-13)22-3-2-9(18)7-22/h4-5,9,17,19H,2-3,6-7,18H2,1H3,(H,20,23)/b8-5+,17-4?. The number of hydrogen-bond donors (Lipinski definition) is 4. The highest BCUT2D eigenvalue weighted by atomic mass is 19.1. The van der Waals surface area contributed by atoms with E-state index in [9.17, 15) is 9.18 Å². The van der Waals surface area contributed by atoms with Crippen molar-refractivity contribution in [2.75, 3.05) is 25.0 Å². The number of carbonyl (C=O) groups excluding carboxylic acids is 1. The highest BCUT2D eigenvalue weighted by Crippen LogP contribution is 2.32. The van der Waals surface area contributed by atoms with E-state index in [1.54, 1.807) is 18.1 Å². The van der Waals surface area contributed by atoms with E-state index in [2.05, 4.69) is 15.6 Å². The number of nitrogens with zero attached hydrogens (tertiary/aromatic N) is 2. The molecule has 8 heteroatoms. The molecule has 7 nitrogen and oxygen atoms in total. The van der Waals surface area contributed by atoms with Crippen LogP contribution in [0.25, 0.3) is 5.57 Å². The third kappa shape index (κ3) is 2.55. The topological polar surface area (TPSA) is 107 Å². The van der Waals surface area contributed by atoms with Gasteiger partial charge in [0, 0.05) is 56.3 Å². The van der Waals surface area contributed by atoms with Crippen LogP contribution in [0.3, 0.4) is 0 Å². The van der Waals surface area contributed by atoms with Gasteiger partial charge in [-0.2, -0.15) is 0 Å². The van der Waals surface area contributed by atoms with E-state index in [1.807, 2.05) is 0 Å². The Bertz CT molecular complexity index is 702. The van der Waals surface area contributed by atoms with Gasteiger partial charge in [-0.3, -0.25) is 4.79 Å². The Labute approximate surface area is 133 Å². The number of nitrogens with one attached hydrogen (secondary N) is 3. The predicted octanol–water partition coefficient (Wildman–Crippen LogP) is 0.211. The van der Waals surface area contributed by atoms with Gasteiger partial charge in [0.1, 0.15) is 0 Å². The van der Waals surface area contributed by atoms with Crippen LogP contribution in [-0.2, 0) is 6.54 Å². The van der Waals surface area contributed by atoms with Crippen LogP contribution < -0.4 is 21.3 Å². The van der Waals surface area contributed by atoms with E-state index in [0.717, 1.165) is 12.6 Å². The Hall–Kier alpha value is -2.48. The quantitative estimate of drug-likeness (QED) is 0.594. The highest BCUT2D eigenvalue weighted by Gasteiger charge is 2.33. The molecule has 0 radical (unpaired) electrons. The Morgan fingerprint density at radius 1 is 1.61 bits per heavy atom. The molecule has 1 amide bonds. The molecular formula is C15H19FN6O. The number of amides is 1. The third-order valence-electron chi connectivity index (χ3n) is 4.12. The van der Waals surface area contributed by atoms with Crippen molar-refractivity contribution < 1.29 is 9.18 Å². The normalized spacial score (nSPS) is 20.5. The van der Waals surface area contributed by atoms with Crippen molar-refractivity contribution in [1.29, 1.82) is 5.41 Å². The number of carbonyl (C=O) groups is 1. The van der Waals surface area contributed by atoms with Gasteiger partial charge in [-0.25, -0.2) is 9.37 Å². The zero-order valence-corrected chi connectivity index (χ0v) is 12.8. The maximum Gasteiger partial charge on any atom is 0.254 e. The first kappa shape index (κ1) is 15.4. The number of allylic oxidation sites excluding steroid dienone is 1. The molecule has 1 atom stereocenters. The van der Waals surface area contributed by atoms with E-state index < -0.39 is 5.82 Å². The lowest BCUT2D eigenvalue weighted by molar-refractivity contribution is 0.0965. The number of fused-ring (bicyclic) bond motifs is 1. The van der Waals surface area contributed by atoms with Crippen molar-refractivity contribution in [3.8, 4) is 0 Å². The van der Waals surface area contributed by atoms with Gasteiger partial charge in [0.15, 0.2) is 11.6 Å². The average molecular weight is 318 g/mol. The van der Waals surface area contributed by atoms with Crippen LogP contribution in [0, 0.1) is 11.2 Å². The van der Waals surface area contributed by atoms with Crippen molar-refractivity contribution in [2.45, 2.75) is 19.0 Å². The molecule has 5 N–H and O–H groups in total. The minimum Gasteiger partial charge on any atom is -0.393 e. The molecule has 1 unspecified atom stereocenters. The van der Waals surface area contributed by atoms with Crippen molar-refractivity contribution >= 4 is 23.5 Å². The second kappa shape index (κ2) is 5.96. The molecule has 0 aliphatic carbocycles. The van der Waals surface area contributed by atoms with Crippen molar-refractivity contribution in [1.82, 2.24) is 15.6 Å². The van der Waals surface area contributed by atoms with Crippen LogP contribution in [0.5, 0.6) is 0 Å². The summed E-state index contributed by atoms with van der Waals surface area (Å²) in [6.45, 7) is 1.28. The molecule has 0 spiro atoms. The first-order chi connectivity index (χ1) is 11.1. The van der Waals surface area contributed by atoms with Crippen LogP contribution >= 0.6 is 0 Å². The minimum atomic E-state index is -0.481. The molecule has 1 aromatic rings. The molecule has 1 aromatic heterocycles. The zero-order valence-electron chi connectivity index (χ0n) is 12.8. The molecule has 2 aliphatic heterocycles. The summed E-state index contributed by atoms with van der Waals surface area (Å²) in [6, 6.07) is -0.0114. The van der Waals surface area contributed by atoms with Crippen LogP contribution in [0.15, 0.2) is 6.20 Å². The van der Waals surface area contributed by atoms with Crippen LogP contribution in [0.4, 0.5) is 10.2 Å². The summed E-state index contributed by atoms with van der Waals surface area (Å²) < 4.78 is 14.8. The molecule has 122 valence electrons. The maximum atomic E-state index is 14.8. The SMILES string of the molecule is CN/C=C(\C=N)c1nc(N2CCC(N)C2)c(F)c2c1C(=O)NC2. The largest absolute Gasteiger partial charge is 0.393 e. The lowest BCUT2D eigenvalue weighted by Crippen LogP contribution is -2.28. The molecular weight excluding hydrogens is 299 g/mol. The summed E-state index contributed by atoms with van der Waals surface area (Å²) in [5.74, 6) is -0.646. The summed E-state index contributed by atoms with van der Waals surface area (Å²) in [5.41, 5.74) is 7.15. The van der Waals surface area contributed by atoms with Gasteiger partial charge < -0.3 is 26.7 Å². The lowest BCUT2D eigenvalue weighted by Gasteiger charge is -2.20. The Morgan fingerprint density at radius 2 is 2.39 bits per heavy atom. The number of hydrogen-bond acceptors (Lipinski definition) is 6. The van der Waals surface area contributed by atoms with Gasteiger partial charge in [-0.1, -0.05) is 0 Å². The average Bonchev–Trinajstić information content (AvgIpc) is 3.13. The minimum absolute atomic E-state index is 0.0114. The Kier molecular flexibility index (Phi) is 3.99. The van der Waals surface area contributed by atoms with Crippen molar-refractivity contribution in [3.63, 3.8) is 0 Å². The monoisotopic (exact) mass is 318 g/mol. The van der Waals surface area contributed by atoms with Crippen molar-refractivity contribution in [2.24, 2.45) is 5.73 Å². The van der Waals surface area contributed by atoms with Gasteiger partial charge in [-0.15, -0.1) is 0 Å². The maximum absolute atomic E-state index is 14.8. The van der Waals surface area contributed by atoms with Crippen molar-refractivity contribution in [3.05, 3.63) is 28.8 Å². The molecule has 1 fully saturated rings. The zero-order chi connectivity index (χ0) is 16.6. The lowest BCUT2D eigenvalue weighted by atomic mass is 10.0. The molecule has 3 heterocycles. The highest BCUT2D eigenvalue weighted by molar-refractivity contribution is 6.13. The van der Waals surface area contributed by atoms with E-state index in [1.165, 1.54) is 0 Å². The van der Waals surface area contributed by atoms with E-state index in [4.69, 9.17) is 11.1 Å².